The number of carbonyl (C=O) groups excluding carboxylic acids is 1. The Morgan fingerprint density at radius 2 is 2.00 bits per heavy atom. The summed E-state index contributed by atoms with van der Waals surface area (Å²) in [6, 6.07) is 13.6. The van der Waals surface area contributed by atoms with Crippen LogP contribution in [0.5, 0.6) is 0 Å². The van der Waals surface area contributed by atoms with E-state index in [1.165, 1.54) is 5.56 Å². The van der Waals surface area contributed by atoms with Crippen molar-refractivity contribution in [3.63, 3.8) is 0 Å². The molecule has 0 aliphatic heterocycles. The predicted octanol–water partition coefficient (Wildman–Crippen LogP) is 2.09. The molecule has 3 rings (SSSR count). The molecule has 5 nitrogen and oxygen atoms in total. The minimum atomic E-state index is -0.467. The van der Waals surface area contributed by atoms with E-state index in [2.05, 4.69) is 27.4 Å². The van der Waals surface area contributed by atoms with Crippen LogP contribution in [0.3, 0.4) is 0 Å². The van der Waals surface area contributed by atoms with Gasteiger partial charge in [-0.2, -0.15) is 0 Å². The molecule has 3 aromatic rings. The van der Waals surface area contributed by atoms with Gasteiger partial charge >= 0.3 is 0 Å². The van der Waals surface area contributed by atoms with Gasteiger partial charge in [-0.05, 0) is 37.7 Å². The number of hydrogen-bond donors (Lipinski definition) is 3. The third kappa shape index (κ3) is 2.71. The van der Waals surface area contributed by atoms with E-state index in [0.717, 1.165) is 29.9 Å². The molecule has 4 N–H and O–H groups in total. The Labute approximate surface area is 128 Å². The van der Waals surface area contributed by atoms with Gasteiger partial charge in [-0.3, -0.25) is 4.79 Å². The minimum Gasteiger partial charge on any atom is -0.366 e. The maximum absolute atomic E-state index is 11.5. The van der Waals surface area contributed by atoms with E-state index in [1.807, 2.05) is 25.2 Å². The van der Waals surface area contributed by atoms with E-state index < -0.39 is 5.91 Å². The van der Waals surface area contributed by atoms with Crippen molar-refractivity contribution in [1.29, 1.82) is 0 Å². The number of hydrogen-bond acceptors (Lipinski definition) is 3. The lowest BCUT2D eigenvalue weighted by atomic mass is 10.1. The third-order valence-corrected chi connectivity index (χ3v) is 3.67. The summed E-state index contributed by atoms with van der Waals surface area (Å²) in [5, 5.41) is 3.13. The van der Waals surface area contributed by atoms with E-state index in [-0.39, 0.29) is 0 Å². The molecule has 0 unspecified atom stereocenters. The number of benzene rings is 2. The zero-order valence-electron chi connectivity index (χ0n) is 12.4. The van der Waals surface area contributed by atoms with Crippen molar-refractivity contribution < 1.29 is 4.79 Å². The predicted molar refractivity (Wildman–Crippen MR) is 87.7 cm³/mol. The largest absolute Gasteiger partial charge is 0.366 e. The molecule has 0 saturated carbocycles. The fourth-order valence-electron chi connectivity index (χ4n) is 2.47. The van der Waals surface area contributed by atoms with Crippen molar-refractivity contribution in [3.8, 4) is 11.4 Å². The standard InChI is InChI=1S/C17H18N4O/c1-19-10-9-11-5-7-12(8-6-11)17-20-14-4-2-3-13(16(18)22)15(14)21-17/h2-8,19H,9-10H2,1H3,(H2,18,22)(H,20,21). The van der Waals surface area contributed by atoms with Gasteiger partial charge in [0.25, 0.3) is 5.91 Å². The number of likely N-dealkylation sites (N-methyl/N-ethyl adjacent to an activating group) is 1. The quantitative estimate of drug-likeness (QED) is 0.673. The fraction of sp³-hybridized carbons (Fsp3) is 0.176. The molecule has 0 bridgehead atoms. The van der Waals surface area contributed by atoms with E-state index in [1.54, 1.807) is 12.1 Å². The van der Waals surface area contributed by atoms with Crippen LogP contribution in [0.2, 0.25) is 0 Å². The van der Waals surface area contributed by atoms with Gasteiger partial charge in [0.1, 0.15) is 11.3 Å². The molecule has 0 aliphatic carbocycles. The Morgan fingerprint density at radius 1 is 1.23 bits per heavy atom. The zero-order chi connectivity index (χ0) is 15.5. The fourth-order valence-corrected chi connectivity index (χ4v) is 2.47. The van der Waals surface area contributed by atoms with Gasteiger partial charge in [0.2, 0.25) is 0 Å². The summed E-state index contributed by atoms with van der Waals surface area (Å²) in [5.74, 6) is 0.273. The van der Waals surface area contributed by atoms with E-state index >= 15 is 0 Å². The molecule has 1 heterocycles. The Balaban J connectivity index is 1.96. The summed E-state index contributed by atoms with van der Waals surface area (Å²) < 4.78 is 0. The lowest BCUT2D eigenvalue weighted by Crippen LogP contribution is -2.11. The van der Waals surface area contributed by atoms with Crippen LogP contribution in [0.25, 0.3) is 22.4 Å². The second kappa shape index (κ2) is 5.99. The average Bonchev–Trinajstić information content (AvgIpc) is 2.97. The van der Waals surface area contributed by atoms with E-state index in [9.17, 15) is 4.79 Å². The molecule has 5 heteroatoms. The SMILES string of the molecule is CNCCc1ccc(-c2nc3c(C(N)=O)cccc3[nH]2)cc1. The number of carbonyl (C=O) groups is 1. The molecule has 0 aliphatic rings. The average molecular weight is 294 g/mol. The number of para-hydroxylation sites is 1. The number of H-pyrrole nitrogens is 1. The van der Waals surface area contributed by atoms with Gasteiger partial charge in [-0.1, -0.05) is 30.3 Å². The highest BCUT2D eigenvalue weighted by Gasteiger charge is 2.11. The second-order valence-corrected chi connectivity index (χ2v) is 5.20. The van der Waals surface area contributed by atoms with E-state index in [0.29, 0.717) is 11.1 Å². The highest BCUT2D eigenvalue weighted by Crippen LogP contribution is 2.23. The van der Waals surface area contributed by atoms with Crippen LogP contribution in [0.1, 0.15) is 15.9 Å². The highest BCUT2D eigenvalue weighted by molar-refractivity contribution is 6.04. The van der Waals surface area contributed by atoms with Crippen molar-refractivity contribution in [2.45, 2.75) is 6.42 Å². The van der Waals surface area contributed by atoms with Crippen LogP contribution in [0, 0.1) is 0 Å². The molecule has 0 saturated heterocycles. The number of imidazole rings is 1. The summed E-state index contributed by atoms with van der Waals surface area (Å²) in [7, 11) is 1.94. The zero-order valence-corrected chi connectivity index (χ0v) is 12.4. The molecular weight excluding hydrogens is 276 g/mol. The van der Waals surface area contributed by atoms with Crippen LogP contribution >= 0.6 is 0 Å². The number of aromatic amines is 1. The molecule has 22 heavy (non-hydrogen) atoms. The molecule has 1 aromatic heterocycles. The van der Waals surface area contributed by atoms with Gasteiger partial charge in [0, 0.05) is 5.56 Å². The van der Waals surface area contributed by atoms with Crippen molar-refractivity contribution in [1.82, 2.24) is 15.3 Å². The lowest BCUT2D eigenvalue weighted by molar-refractivity contribution is 0.100. The van der Waals surface area contributed by atoms with E-state index in [4.69, 9.17) is 5.73 Å². The number of primary amides is 1. The first-order valence-electron chi connectivity index (χ1n) is 7.21. The monoisotopic (exact) mass is 294 g/mol. The third-order valence-electron chi connectivity index (χ3n) is 3.67. The van der Waals surface area contributed by atoms with Crippen LogP contribution in [-0.2, 0) is 6.42 Å². The Kier molecular flexibility index (Phi) is 3.89. The number of nitrogens with one attached hydrogen (secondary N) is 2. The summed E-state index contributed by atoms with van der Waals surface area (Å²) in [4.78, 5) is 19.2. The normalized spacial score (nSPS) is 11.0. The molecule has 2 aromatic carbocycles. The highest BCUT2D eigenvalue weighted by atomic mass is 16.1. The molecular formula is C17H18N4O. The Bertz CT molecular complexity index is 805. The Hall–Kier alpha value is -2.66. The molecule has 0 fully saturated rings. The van der Waals surface area contributed by atoms with Crippen LogP contribution < -0.4 is 11.1 Å². The first kappa shape index (κ1) is 14.3. The van der Waals surface area contributed by atoms with Crippen molar-refractivity contribution in [2.75, 3.05) is 13.6 Å². The van der Waals surface area contributed by atoms with Crippen LogP contribution in [0.15, 0.2) is 42.5 Å². The summed E-state index contributed by atoms with van der Waals surface area (Å²) in [6.45, 7) is 0.950. The molecule has 0 atom stereocenters. The molecule has 1 amide bonds. The van der Waals surface area contributed by atoms with Crippen molar-refractivity contribution in [3.05, 3.63) is 53.6 Å². The van der Waals surface area contributed by atoms with Crippen LogP contribution in [0.4, 0.5) is 0 Å². The van der Waals surface area contributed by atoms with Crippen LogP contribution in [-0.4, -0.2) is 29.5 Å². The van der Waals surface area contributed by atoms with Gasteiger partial charge in [0.15, 0.2) is 0 Å². The summed E-state index contributed by atoms with van der Waals surface area (Å²) >= 11 is 0. The Morgan fingerprint density at radius 3 is 2.68 bits per heavy atom. The van der Waals surface area contributed by atoms with Crippen molar-refractivity contribution in [2.24, 2.45) is 5.73 Å². The maximum Gasteiger partial charge on any atom is 0.250 e. The summed E-state index contributed by atoms with van der Waals surface area (Å²) in [6.07, 6.45) is 0.989. The smallest absolute Gasteiger partial charge is 0.250 e. The number of amides is 1. The van der Waals surface area contributed by atoms with Gasteiger partial charge in [-0.15, -0.1) is 0 Å². The first-order valence-corrected chi connectivity index (χ1v) is 7.21. The summed E-state index contributed by atoms with van der Waals surface area (Å²) in [5.41, 5.74) is 9.51. The maximum atomic E-state index is 11.5. The molecule has 112 valence electrons. The molecule has 0 radical (unpaired) electrons. The van der Waals surface area contributed by atoms with Crippen molar-refractivity contribution >= 4 is 16.9 Å². The second-order valence-electron chi connectivity index (χ2n) is 5.20. The lowest BCUT2D eigenvalue weighted by Gasteiger charge is -2.02. The number of fused-ring (bicyclic) bond motifs is 1. The number of rotatable bonds is 5. The van der Waals surface area contributed by atoms with Gasteiger partial charge in [0.05, 0.1) is 11.1 Å². The first-order chi connectivity index (χ1) is 10.7. The molecule has 0 spiro atoms. The van der Waals surface area contributed by atoms with Gasteiger partial charge < -0.3 is 16.0 Å². The minimum absolute atomic E-state index is 0.436. The van der Waals surface area contributed by atoms with Gasteiger partial charge in [-0.25, -0.2) is 4.98 Å². The number of nitrogens with two attached hydrogens (primary N) is 1. The number of aromatic nitrogens is 2. The number of nitrogens with zero attached hydrogens (tertiary/aromatic N) is 1. The topological polar surface area (TPSA) is 83.8 Å².